The molecule has 0 heterocycles. The van der Waals surface area contributed by atoms with Crippen molar-refractivity contribution in [2.24, 2.45) is 0 Å². The van der Waals surface area contributed by atoms with Crippen LogP contribution >= 0.6 is 39.1 Å². The van der Waals surface area contributed by atoms with Crippen molar-refractivity contribution in [2.75, 3.05) is 0 Å². The van der Waals surface area contributed by atoms with Gasteiger partial charge in [-0.25, -0.2) is 0 Å². The first-order valence-electron chi connectivity index (χ1n) is 5.35. The second-order valence-corrected chi connectivity index (χ2v) is 5.96. The van der Waals surface area contributed by atoms with E-state index in [1.54, 1.807) is 25.1 Å². The summed E-state index contributed by atoms with van der Waals surface area (Å²) in [6, 6.07) is 12.5. The molecule has 0 saturated heterocycles. The predicted octanol–water partition coefficient (Wildman–Crippen LogP) is 5.01. The fourth-order valence-corrected chi connectivity index (χ4v) is 2.54. The number of hydrogen-bond donors (Lipinski definition) is 1. The van der Waals surface area contributed by atoms with Crippen LogP contribution in [-0.4, -0.2) is 5.11 Å². The molecule has 0 fully saturated rings. The van der Waals surface area contributed by atoms with Gasteiger partial charge in [-0.3, -0.25) is 0 Å². The van der Waals surface area contributed by atoms with Crippen molar-refractivity contribution in [3.63, 3.8) is 0 Å². The second kappa shape index (κ2) is 5.22. The Morgan fingerprint density at radius 1 is 1.06 bits per heavy atom. The van der Waals surface area contributed by atoms with Crippen molar-refractivity contribution in [3.05, 3.63) is 68.1 Å². The maximum atomic E-state index is 10.7. The molecule has 1 nitrogen and oxygen atoms in total. The van der Waals surface area contributed by atoms with Crippen LogP contribution in [0, 0.1) is 0 Å². The highest BCUT2D eigenvalue weighted by Gasteiger charge is 2.28. The maximum Gasteiger partial charge on any atom is 0.113 e. The van der Waals surface area contributed by atoms with Crippen molar-refractivity contribution in [2.45, 2.75) is 12.5 Å². The SMILES string of the molecule is CC(O)(c1ccc(Br)cc1)c1cc(Cl)ccc1Cl. The Bertz CT molecular complexity index is 565. The average molecular weight is 346 g/mol. The fourth-order valence-electron chi connectivity index (χ4n) is 1.80. The first-order valence-corrected chi connectivity index (χ1v) is 6.90. The second-order valence-electron chi connectivity index (χ2n) is 4.20. The van der Waals surface area contributed by atoms with E-state index in [1.807, 2.05) is 24.3 Å². The third-order valence-electron chi connectivity index (χ3n) is 2.86. The van der Waals surface area contributed by atoms with E-state index in [4.69, 9.17) is 23.2 Å². The van der Waals surface area contributed by atoms with Crippen LogP contribution in [0.15, 0.2) is 46.9 Å². The van der Waals surface area contributed by atoms with Crippen molar-refractivity contribution in [1.82, 2.24) is 0 Å². The lowest BCUT2D eigenvalue weighted by molar-refractivity contribution is 0.102. The molecular weight excluding hydrogens is 335 g/mol. The van der Waals surface area contributed by atoms with E-state index < -0.39 is 5.60 Å². The summed E-state index contributed by atoms with van der Waals surface area (Å²) in [6.45, 7) is 1.70. The quantitative estimate of drug-likeness (QED) is 0.810. The molecule has 94 valence electrons. The van der Waals surface area contributed by atoms with Gasteiger partial charge in [0.25, 0.3) is 0 Å². The van der Waals surface area contributed by atoms with Gasteiger partial charge in [0.15, 0.2) is 0 Å². The molecule has 0 aromatic heterocycles. The summed E-state index contributed by atoms with van der Waals surface area (Å²) in [5.41, 5.74) is 0.178. The molecule has 0 aliphatic heterocycles. The van der Waals surface area contributed by atoms with E-state index in [2.05, 4.69) is 15.9 Å². The third-order valence-corrected chi connectivity index (χ3v) is 3.95. The molecular formula is C14H11BrCl2O. The topological polar surface area (TPSA) is 20.2 Å². The van der Waals surface area contributed by atoms with Crippen LogP contribution in [0.2, 0.25) is 10.0 Å². The Morgan fingerprint density at radius 3 is 2.28 bits per heavy atom. The molecule has 1 unspecified atom stereocenters. The summed E-state index contributed by atoms with van der Waals surface area (Å²) in [5.74, 6) is 0. The van der Waals surface area contributed by atoms with Crippen LogP contribution in [0.4, 0.5) is 0 Å². The molecule has 0 aliphatic carbocycles. The van der Waals surface area contributed by atoms with Gasteiger partial charge in [-0.1, -0.05) is 51.3 Å². The van der Waals surface area contributed by atoms with Gasteiger partial charge in [0.2, 0.25) is 0 Å². The Kier molecular flexibility index (Phi) is 4.02. The number of benzene rings is 2. The third kappa shape index (κ3) is 2.72. The van der Waals surface area contributed by atoms with Crippen molar-refractivity contribution < 1.29 is 5.11 Å². The molecule has 0 spiro atoms. The van der Waals surface area contributed by atoms with Crippen molar-refractivity contribution in [3.8, 4) is 0 Å². The lowest BCUT2D eigenvalue weighted by Gasteiger charge is -2.25. The molecule has 2 aromatic rings. The van der Waals surface area contributed by atoms with Gasteiger partial charge in [0.1, 0.15) is 5.60 Å². The minimum atomic E-state index is -1.18. The summed E-state index contributed by atoms with van der Waals surface area (Å²) in [7, 11) is 0. The summed E-state index contributed by atoms with van der Waals surface area (Å²) in [4.78, 5) is 0. The number of rotatable bonds is 2. The van der Waals surface area contributed by atoms with Gasteiger partial charge in [-0.05, 0) is 42.8 Å². The highest BCUT2D eigenvalue weighted by atomic mass is 79.9. The van der Waals surface area contributed by atoms with Gasteiger partial charge in [0, 0.05) is 20.1 Å². The predicted molar refractivity (Wildman–Crippen MR) is 79.3 cm³/mol. The molecule has 1 atom stereocenters. The van der Waals surface area contributed by atoms with Crippen molar-refractivity contribution >= 4 is 39.1 Å². The highest BCUT2D eigenvalue weighted by molar-refractivity contribution is 9.10. The normalized spacial score (nSPS) is 14.3. The zero-order chi connectivity index (χ0) is 13.3. The van der Waals surface area contributed by atoms with E-state index in [1.165, 1.54) is 0 Å². The molecule has 4 heteroatoms. The van der Waals surface area contributed by atoms with E-state index in [-0.39, 0.29) is 0 Å². The molecule has 0 amide bonds. The Balaban J connectivity index is 2.53. The first kappa shape index (κ1) is 13.9. The molecule has 2 rings (SSSR count). The summed E-state index contributed by atoms with van der Waals surface area (Å²) in [6.07, 6.45) is 0. The Morgan fingerprint density at radius 2 is 1.67 bits per heavy atom. The van der Waals surface area contributed by atoms with Crippen LogP contribution < -0.4 is 0 Å². The number of aliphatic hydroxyl groups is 1. The van der Waals surface area contributed by atoms with Gasteiger partial charge in [-0.2, -0.15) is 0 Å². The summed E-state index contributed by atoms with van der Waals surface area (Å²) < 4.78 is 0.958. The lowest BCUT2D eigenvalue weighted by atomic mass is 9.88. The van der Waals surface area contributed by atoms with Crippen LogP contribution in [0.5, 0.6) is 0 Å². The van der Waals surface area contributed by atoms with Gasteiger partial charge >= 0.3 is 0 Å². The monoisotopic (exact) mass is 344 g/mol. The highest BCUT2D eigenvalue weighted by Crippen LogP contribution is 2.35. The van der Waals surface area contributed by atoms with E-state index in [9.17, 15) is 5.11 Å². The molecule has 2 aromatic carbocycles. The zero-order valence-corrected chi connectivity index (χ0v) is 12.7. The molecule has 0 aliphatic rings. The van der Waals surface area contributed by atoms with E-state index in [0.29, 0.717) is 15.6 Å². The average Bonchev–Trinajstić information content (AvgIpc) is 2.32. The van der Waals surface area contributed by atoms with Crippen LogP contribution in [0.3, 0.4) is 0 Å². The largest absolute Gasteiger partial charge is 0.381 e. The van der Waals surface area contributed by atoms with Gasteiger partial charge < -0.3 is 5.11 Å². The Hall–Kier alpha value is -0.540. The minimum absolute atomic E-state index is 0.493. The van der Waals surface area contributed by atoms with Crippen LogP contribution in [0.1, 0.15) is 18.1 Å². The smallest absolute Gasteiger partial charge is 0.113 e. The standard InChI is InChI=1S/C14H11BrCl2O/c1-14(18,9-2-4-10(15)5-3-9)12-8-11(16)6-7-13(12)17/h2-8,18H,1H3. The summed E-state index contributed by atoms with van der Waals surface area (Å²) >= 11 is 15.5. The molecule has 0 saturated carbocycles. The van der Waals surface area contributed by atoms with E-state index in [0.717, 1.165) is 10.0 Å². The first-order chi connectivity index (χ1) is 8.41. The molecule has 18 heavy (non-hydrogen) atoms. The zero-order valence-electron chi connectivity index (χ0n) is 9.62. The lowest BCUT2D eigenvalue weighted by Crippen LogP contribution is -2.23. The molecule has 1 N–H and O–H groups in total. The van der Waals surface area contributed by atoms with Crippen LogP contribution in [0.25, 0.3) is 0 Å². The van der Waals surface area contributed by atoms with E-state index >= 15 is 0 Å². The fraction of sp³-hybridized carbons (Fsp3) is 0.143. The van der Waals surface area contributed by atoms with Gasteiger partial charge in [0.05, 0.1) is 0 Å². The van der Waals surface area contributed by atoms with Crippen LogP contribution in [-0.2, 0) is 5.60 Å². The summed E-state index contributed by atoms with van der Waals surface area (Å²) in [5, 5.41) is 11.7. The number of hydrogen-bond acceptors (Lipinski definition) is 1. The molecule has 0 radical (unpaired) electrons. The molecule has 0 bridgehead atoms. The minimum Gasteiger partial charge on any atom is -0.381 e. The maximum absolute atomic E-state index is 10.7. The Labute approximate surface area is 124 Å². The van der Waals surface area contributed by atoms with Crippen molar-refractivity contribution in [1.29, 1.82) is 0 Å². The number of halogens is 3. The van der Waals surface area contributed by atoms with Gasteiger partial charge in [-0.15, -0.1) is 0 Å².